The molecular formula is C23H31Cl2FN4O. The molecule has 170 valence electrons. The molecule has 2 atom stereocenters. The van der Waals surface area contributed by atoms with Gasteiger partial charge in [0.15, 0.2) is 0 Å². The first kappa shape index (κ1) is 26.9. The summed E-state index contributed by atoms with van der Waals surface area (Å²) >= 11 is 0. The molecule has 0 bridgehead atoms. The number of nitrogens with one attached hydrogen (secondary N) is 2. The summed E-state index contributed by atoms with van der Waals surface area (Å²) < 4.78 is 13.1. The third kappa shape index (κ3) is 7.21. The number of carbonyl (C=O) groups excluding carboxylic acids is 1. The lowest BCUT2D eigenvalue weighted by atomic mass is 9.98. The molecule has 1 amide bonds. The molecule has 2 unspecified atom stereocenters. The Kier molecular flexibility index (Phi) is 10.5. The van der Waals surface area contributed by atoms with Crippen molar-refractivity contribution in [2.24, 2.45) is 17.4 Å². The number of H-pyrrole nitrogens is 1. The molecule has 2 aromatic carbocycles. The van der Waals surface area contributed by atoms with Crippen molar-refractivity contribution in [1.82, 2.24) is 10.3 Å². The Hall–Kier alpha value is -2.12. The van der Waals surface area contributed by atoms with Crippen molar-refractivity contribution >= 4 is 41.6 Å². The topological polar surface area (TPSA) is 96.9 Å². The second-order valence-electron chi connectivity index (χ2n) is 7.95. The number of nitrogens with two attached hydrogens (primary N) is 2. The van der Waals surface area contributed by atoms with E-state index >= 15 is 0 Å². The van der Waals surface area contributed by atoms with Crippen LogP contribution in [0.15, 0.2) is 48.5 Å². The van der Waals surface area contributed by atoms with Crippen LogP contribution in [-0.4, -0.2) is 29.5 Å². The Morgan fingerprint density at radius 2 is 1.65 bits per heavy atom. The molecule has 0 fully saturated rings. The summed E-state index contributed by atoms with van der Waals surface area (Å²) in [4.78, 5) is 15.7. The Balaban J connectivity index is 0.00000240. The van der Waals surface area contributed by atoms with Crippen LogP contribution in [0.3, 0.4) is 0 Å². The standard InChI is InChI=1S/C23H29FN4O.2ClH/c1-14(2)20(26)10-9-19(25)13-27-23(29)22-12-17-4-3-16(11-21(17)28-22)15-5-7-18(24)8-6-15;;/h3-8,11-12,14,19-20,28H,9-10,13,25-26H2,1-2H3,(H,27,29);2*1H. The van der Waals surface area contributed by atoms with Crippen LogP contribution in [-0.2, 0) is 0 Å². The van der Waals surface area contributed by atoms with Crippen molar-refractivity contribution in [2.75, 3.05) is 6.54 Å². The van der Waals surface area contributed by atoms with E-state index in [2.05, 4.69) is 24.1 Å². The number of halogens is 3. The third-order valence-corrected chi connectivity index (χ3v) is 5.30. The molecule has 3 rings (SSSR count). The highest BCUT2D eigenvalue weighted by atomic mass is 35.5. The summed E-state index contributed by atoms with van der Waals surface area (Å²) in [5.74, 6) is -0.0332. The largest absolute Gasteiger partial charge is 0.351 e. The van der Waals surface area contributed by atoms with Gasteiger partial charge in [0, 0.05) is 29.5 Å². The van der Waals surface area contributed by atoms with Gasteiger partial charge in [0.05, 0.1) is 0 Å². The van der Waals surface area contributed by atoms with E-state index in [1.807, 2.05) is 24.3 Å². The molecular weight excluding hydrogens is 438 g/mol. The molecule has 0 aliphatic heterocycles. The van der Waals surface area contributed by atoms with Gasteiger partial charge in [-0.3, -0.25) is 4.79 Å². The van der Waals surface area contributed by atoms with Crippen molar-refractivity contribution in [2.45, 2.75) is 38.8 Å². The Morgan fingerprint density at radius 3 is 2.29 bits per heavy atom. The second-order valence-corrected chi connectivity index (χ2v) is 7.95. The van der Waals surface area contributed by atoms with Crippen LogP contribution >= 0.6 is 24.8 Å². The highest BCUT2D eigenvalue weighted by Gasteiger charge is 2.14. The van der Waals surface area contributed by atoms with Gasteiger partial charge in [0.2, 0.25) is 0 Å². The molecule has 3 aromatic rings. The van der Waals surface area contributed by atoms with E-state index in [0.29, 0.717) is 18.2 Å². The van der Waals surface area contributed by atoms with E-state index in [4.69, 9.17) is 11.5 Å². The molecule has 8 heteroatoms. The average Bonchev–Trinajstić information content (AvgIpc) is 3.14. The fourth-order valence-corrected chi connectivity index (χ4v) is 3.23. The highest BCUT2D eigenvalue weighted by molar-refractivity contribution is 5.98. The van der Waals surface area contributed by atoms with Gasteiger partial charge in [-0.2, -0.15) is 0 Å². The summed E-state index contributed by atoms with van der Waals surface area (Å²) in [6.07, 6.45) is 1.61. The molecule has 0 aliphatic carbocycles. The maximum absolute atomic E-state index is 13.1. The van der Waals surface area contributed by atoms with Gasteiger partial charge in [-0.25, -0.2) is 4.39 Å². The molecule has 1 heterocycles. The smallest absolute Gasteiger partial charge is 0.267 e. The minimum Gasteiger partial charge on any atom is -0.351 e. The van der Waals surface area contributed by atoms with Crippen LogP contribution in [0.2, 0.25) is 0 Å². The van der Waals surface area contributed by atoms with Crippen LogP contribution in [0.5, 0.6) is 0 Å². The minimum absolute atomic E-state index is 0. The van der Waals surface area contributed by atoms with E-state index in [1.165, 1.54) is 12.1 Å². The summed E-state index contributed by atoms with van der Waals surface area (Å²) in [5.41, 5.74) is 15.4. The van der Waals surface area contributed by atoms with E-state index in [-0.39, 0.29) is 48.6 Å². The van der Waals surface area contributed by atoms with Gasteiger partial charge >= 0.3 is 0 Å². The van der Waals surface area contributed by atoms with Crippen LogP contribution in [0, 0.1) is 11.7 Å². The fraction of sp³-hybridized carbons (Fsp3) is 0.348. The number of carbonyl (C=O) groups is 1. The van der Waals surface area contributed by atoms with Crippen molar-refractivity contribution in [3.63, 3.8) is 0 Å². The molecule has 31 heavy (non-hydrogen) atoms. The van der Waals surface area contributed by atoms with Gasteiger partial charge in [0.25, 0.3) is 5.91 Å². The minimum atomic E-state index is -0.266. The first-order valence-corrected chi connectivity index (χ1v) is 10.0. The summed E-state index contributed by atoms with van der Waals surface area (Å²) in [7, 11) is 0. The van der Waals surface area contributed by atoms with Crippen LogP contribution in [0.4, 0.5) is 4.39 Å². The van der Waals surface area contributed by atoms with E-state index in [9.17, 15) is 9.18 Å². The number of aromatic amines is 1. The normalized spacial score (nSPS) is 12.7. The number of fused-ring (bicyclic) bond motifs is 1. The first-order chi connectivity index (χ1) is 13.8. The molecule has 0 spiro atoms. The van der Waals surface area contributed by atoms with Gasteiger partial charge in [0.1, 0.15) is 11.5 Å². The SMILES string of the molecule is CC(C)C(N)CCC(N)CNC(=O)c1cc2ccc(-c3ccc(F)cc3)cc2[nH]1.Cl.Cl. The predicted octanol–water partition coefficient (Wildman–Crippen LogP) is 4.64. The lowest BCUT2D eigenvalue weighted by Crippen LogP contribution is -2.39. The van der Waals surface area contributed by atoms with Crippen molar-refractivity contribution < 1.29 is 9.18 Å². The van der Waals surface area contributed by atoms with Crippen molar-refractivity contribution in [1.29, 1.82) is 0 Å². The Labute approximate surface area is 195 Å². The number of hydrogen-bond donors (Lipinski definition) is 4. The van der Waals surface area contributed by atoms with Gasteiger partial charge in [-0.1, -0.05) is 38.1 Å². The lowest BCUT2D eigenvalue weighted by molar-refractivity contribution is 0.0946. The lowest BCUT2D eigenvalue weighted by Gasteiger charge is -2.18. The first-order valence-electron chi connectivity index (χ1n) is 10.0. The van der Waals surface area contributed by atoms with Crippen molar-refractivity contribution in [3.8, 4) is 11.1 Å². The molecule has 6 N–H and O–H groups in total. The van der Waals surface area contributed by atoms with Gasteiger partial charge < -0.3 is 21.8 Å². The zero-order valence-electron chi connectivity index (χ0n) is 17.7. The average molecular weight is 469 g/mol. The zero-order valence-corrected chi connectivity index (χ0v) is 19.4. The second kappa shape index (κ2) is 12.1. The van der Waals surface area contributed by atoms with Crippen LogP contribution < -0.4 is 16.8 Å². The summed E-state index contributed by atoms with van der Waals surface area (Å²) in [6, 6.07) is 14.0. The third-order valence-electron chi connectivity index (χ3n) is 5.30. The number of amides is 1. The Morgan fingerprint density at radius 1 is 1.00 bits per heavy atom. The summed E-state index contributed by atoms with van der Waals surface area (Å²) in [5, 5.41) is 3.83. The molecule has 0 saturated heterocycles. The van der Waals surface area contributed by atoms with E-state index < -0.39 is 0 Å². The van der Waals surface area contributed by atoms with Gasteiger partial charge in [-0.05, 0) is 54.2 Å². The molecule has 0 radical (unpaired) electrons. The van der Waals surface area contributed by atoms with Gasteiger partial charge in [-0.15, -0.1) is 24.8 Å². The highest BCUT2D eigenvalue weighted by Crippen LogP contribution is 2.25. The molecule has 1 aromatic heterocycles. The van der Waals surface area contributed by atoms with E-state index in [0.717, 1.165) is 34.9 Å². The molecule has 5 nitrogen and oxygen atoms in total. The maximum Gasteiger partial charge on any atom is 0.267 e. The number of hydrogen-bond acceptors (Lipinski definition) is 3. The zero-order chi connectivity index (χ0) is 21.0. The molecule has 0 saturated carbocycles. The summed E-state index contributed by atoms with van der Waals surface area (Å²) in [6.45, 7) is 4.59. The fourth-order valence-electron chi connectivity index (χ4n) is 3.23. The quantitative estimate of drug-likeness (QED) is 0.387. The number of aromatic nitrogens is 1. The van der Waals surface area contributed by atoms with Crippen LogP contribution in [0.1, 0.15) is 37.2 Å². The number of benzene rings is 2. The Bertz CT molecular complexity index is 975. The van der Waals surface area contributed by atoms with Crippen molar-refractivity contribution in [3.05, 3.63) is 60.0 Å². The maximum atomic E-state index is 13.1. The monoisotopic (exact) mass is 468 g/mol. The molecule has 0 aliphatic rings. The van der Waals surface area contributed by atoms with E-state index in [1.54, 1.807) is 12.1 Å². The predicted molar refractivity (Wildman–Crippen MR) is 131 cm³/mol. The number of rotatable bonds is 8. The van der Waals surface area contributed by atoms with Crippen LogP contribution in [0.25, 0.3) is 22.0 Å².